The number of nitrogens with one attached hydrogen (secondary N) is 1. The number of rotatable bonds is 5. The van der Waals surface area contributed by atoms with Crippen molar-refractivity contribution in [1.82, 2.24) is 15.1 Å². The first kappa shape index (κ1) is 19.0. The van der Waals surface area contributed by atoms with E-state index in [9.17, 15) is 18.0 Å². The summed E-state index contributed by atoms with van der Waals surface area (Å²) < 4.78 is 41.4. The SMILES string of the molecule is CCCn1ncc(C(=O)NC2C=CC=CC=C2C(F)(F)F)c1C(C)C. The summed E-state index contributed by atoms with van der Waals surface area (Å²) in [4.78, 5) is 12.6. The van der Waals surface area contributed by atoms with Gasteiger partial charge in [-0.1, -0.05) is 51.2 Å². The van der Waals surface area contributed by atoms with Crippen LogP contribution in [0.1, 0.15) is 49.2 Å². The first-order chi connectivity index (χ1) is 11.8. The highest BCUT2D eigenvalue weighted by Gasteiger charge is 2.38. The fourth-order valence-electron chi connectivity index (χ4n) is 2.79. The number of alkyl halides is 3. The van der Waals surface area contributed by atoms with E-state index < -0.39 is 23.7 Å². The number of allylic oxidation sites excluding steroid dienone is 4. The molecule has 0 saturated carbocycles. The second-order valence-electron chi connectivity index (χ2n) is 6.16. The van der Waals surface area contributed by atoms with E-state index in [1.807, 2.05) is 20.8 Å². The number of halogens is 3. The molecular formula is C18H22F3N3O. The third-order valence-electron chi connectivity index (χ3n) is 3.86. The van der Waals surface area contributed by atoms with Crippen molar-refractivity contribution in [2.24, 2.45) is 0 Å². The van der Waals surface area contributed by atoms with Gasteiger partial charge < -0.3 is 5.32 Å². The Bertz CT molecular complexity index is 712. The molecule has 1 atom stereocenters. The van der Waals surface area contributed by atoms with Gasteiger partial charge >= 0.3 is 6.18 Å². The Labute approximate surface area is 145 Å². The number of nitrogens with zero attached hydrogens (tertiary/aromatic N) is 2. The van der Waals surface area contributed by atoms with E-state index in [0.29, 0.717) is 12.1 Å². The third-order valence-corrected chi connectivity index (χ3v) is 3.86. The fourth-order valence-corrected chi connectivity index (χ4v) is 2.79. The minimum Gasteiger partial charge on any atom is -0.342 e. The fraction of sp³-hybridized carbons (Fsp3) is 0.444. The Balaban J connectivity index is 2.30. The summed E-state index contributed by atoms with van der Waals surface area (Å²) in [5.74, 6) is -0.531. The van der Waals surface area contributed by atoms with Gasteiger partial charge in [0, 0.05) is 6.54 Å². The lowest BCUT2D eigenvalue weighted by atomic mass is 10.0. The molecule has 0 spiro atoms. The number of amides is 1. The highest BCUT2D eigenvalue weighted by atomic mass is 19.4. The van der Waals surface area contributed by atoms with Crippen LogP contribution in [0.15, 0.2) is 42.2 Å². The zero-order valence-electron chi connectivity index (χ0n) is 14.5. The lowest BCUT2D eigenvalue weighted by Crippen LogP contribution is -2.39. The Kier molecular flexibility index (Phi) is 5.87. The van der Waals surface area contributed by atoms with Crippen molar-refractivity contribution in [2.45, 2.75) is 51.9 Å². The first-order valence-corrected chi connectivity index (χ1v) is 8.24. The molecule has 0 radical (unpaired) electrons. The van der Waals surface area contributed by atoms with Gasteiger partial charge in [0.1, 0.15) is 0 Å². The molecule has 0 bridgehead atoms. The summed E-state index contributed by atoms with van der Waals surface area (Å²) in [6.07, 6.45) is 4.35. The molecule has 1 aromatic rings. The van der Waals surface area contributed by atoms with Crippen molar-refractivity contribution in [3.8, 4) is 0 Å². The molecule has 1 N–H and O–H groups in total. The van der Waals surface area contributed by atoms with Crippen LogP contribution < -0.4 is 5.32 Å². The van der Waals surface area contributed by atoms with Crippen LogP contribution >= 0.6 is 0 Å². The standard InChI is InChI=1S/C18H22F3N3O/c1-4-10-24-16(12(2)3)13(11-22-24)17(25)23-15-9-7-5-6-8-14(15)18(19,20)21/h5-9,11-12,15H,4,10H2,1-3H3,(H,23,25). The number of carbonyl (C=O) groups is 1. The molecule has 0 aromatic carbocycles. The van der Waals surface area contributed by atoms with E-state index in [1.165, 1.54) is 30.5 Å². The van der Waals surface area contributed by atoms with Crippen LogP contribution in [0, 0.1) is 0 Å². The Morgan fingerprint density at radius 3 is 2.64 bits per heavy atom. The van der Waals surface area contributed by atoms with E-state index in [4.69, 9.17) is 0 Å². The van der Waals surface area contributed by atoms with E-state index in [0.717, 1.165) is 18.2 Å². The number of hydrogen-bond donors (Lipinski definition) is 1. The second kappa shape index (κ2) is 7.72. The van der Waals surface area contributed by atoms with Crippen molar-refractivity contribution in [1.29, 1.82) is 0 Å². The molecule has 1 aromatic heterocycles. The van der Waals surface area contributed by atoms with Gasteiger partial charge in [0.15, 0.2) is 0 Å². The van der Waals surface area contributed by atoms with Crippen LogP contribution in [0.2, 0.25) is 0 Å². The average Bonchev–Trinajstić information content (AvgIpc) is 2.78. The van der Waals surface area contributed by atoms with Gasteiger partial charge in [-0.2, -0.15) is 18.3 Å². The van der Waals surface area contributed by atoms with Crippen LogP contribution in [0.4, 0.5) is 13.2 Å². The minimum absolute atomic E-state index is 0.0266. The smallest absolute Gasteiger partial charge is 0.342 e. The van der Waals surface area contributed by atoms with E-state index in [2.05, 4.69) is 10.4 Å². The molecule has 1 unspecified atom stereocenters. The van der Waals surface area contributed by atoms with Crippen LogP contribution in [0.25, 0.3) is 0 Å². The summed E-state index contributed by atoms with van der Waals surface area (Å²) in [6.45, 7) is 6.50. The maximum Gasteiger partial charge on any atom is 0.414 e. The van der Waals surface area contributed by atoms with Crippen LogP contribution in [-0.2, 0) is 6.54 Å². The average molecular weight is 353 g/mol. The molecule has 0 saturated heterocycles. The predicted octanol–water partition coefficient (Wildman–Crippen LogP) is 4.13. The lowest BCUT2D eigenvalue weighted by Gasteiger charge is -2.21. The summed E-state index contributed by atoms with van der Waals surface area (Å²) >= 11 is 0. The van der Waals surface area contributed by atoms with Gasteiger partial charge in [-0.25, -0.2) is 0 Å². The van der Waals surface area contributed by atoms with Gasteiger partial charge in [0.2, 0.25) is 0 Å². The van der Waals surface area contributed by atoms with E-state index in [1.54, 1.807) is 4.68 Å². The topological polar surface area (TPSA) is 46.9 Å². The highest BCUT2D eigenvalue weighted by Crippen LogP contribution is 2.30. The molecule has 136 valence electrons. The minimum atomic E-state index is -4.52. The van der Waals surface area contributed by atoms with Crippen molar-refractivity contribution < 1.29 is 18.0 Å². The van der Waals surface area contributed by atoms with Gasteiger partial charge in [0.25, 0.3) is 5.91 Å². The summed E-state index contributed by atoms with van der Waals surface area (Å²) in [6, 6.07) is -1.24. The van der Waals surface area contributed by atoms with E-state index >= 15 is 0 Å². The Hall–Kier alpha value is -2.31. The van der Waals surface area contributed by atoms with Crippen LogP contribution in [0.5, 0.6) is 0 Å². The van der Waals surface area contributed by atoms with Gasteiger partial charge in [-0.3, -0.25) is 9.48 Å². The zero-order valence-corrected chi connectivity index (χ0v) is 14.5. The van der Waals surface area contributed by atoms with Crippen molar-refractivity contribution in [3.05, 3.63) is 53.4 Å². The molecule has 4 nitrogen and oxygen atoms in total. The summed E-state index contributed by atoms with van der Waals surface area (Å²) in [5, 5.41) is 6.69. The third kappa shape index (κ3) is 4.41. The number of aromatic nitrogens is 2. The van der Waals surface area contributed by atoms with Gasteiger partial charge in [-0.05, 0) is 12.3 Å². The second-order valence-corrected chi connectivity index (χ2v) is 6.16. The van der Waals surface area contributed by atoms with Gasteiger partial charge in [-0.15, -0.1) is 0 Å². The maximum atomic E-state index is 13.2. The lowest BCUT2D eigenvalue weighted by molar-refractivity contribution is -0.0948. The summed E-state index contributed by atoms with van der Waals surface area (Å²) in [5.41, 5.74) is 0.237. The Morgan fingerprint density at radius 2 is 2.04 bits per heavy atom. The summed E-state index contributed by atoms with van der Waals surface area (Å²) in [7, 11) is 0. The van der Waals surface area contributed by atoms with Crippen molar-refractivity contribution >= 4 is 5.91 Å². The molecule has 1 amide bonds. The molecule has 0 fully saturated rings. The number of aryl methyl sites for hydroxylation is 1. The molecular weight excluding hydrogens is 331 g/mol. The maximum absolute atomic E-state index is 13.2. The normalized spacial score (nSPS) is 17.6. The molecule has 7 heteroatoms. The number of hydrogen-bond acceptors (Lipinski definition) is 2. The van der Waals surface area contributed by atoms with Crippen molar-refractivity contribution in [3.63, 3.8) is 0 Å². The zero-order chi connectivity index (χ0) is 18.6. The van der Waals surface area contributed by atoms with Crippen LogP contribution in [-0.4, -0.2) is 27.9 Å². The number of carbonyl (C=O) groups excluding carboxylic acids is 1. The molecule has 2 rings (SSSR count). The van der Waals surface area contributed by atoms with Gasteiger partial charge in [0.05, 0.1) is 29.1 Å². The predicted molar refractivity (Wildman–Crippen MR) is 90.3 cm³/mol. The quantitative estimate of drug-likeness (QED) is 0.865. The highest BCUT2D eigenvalue weighted by molar-refractivity contribution is 5.95. The first-order valence-electron chi connectivity index (χ1n) is 8.24. The van der Waals surface area contributed by atoms with E-state index in [-0.39, 0.29) is 5.92 Å². The van der Waals surface area contributed by atoms with Crippen molar-refractivity contribution in [2.75, 3.05) is 0 Å². The monoisotopic (exact) mass is 353 g/mol. The molecule has 1 aliphatic carbocycles. The molecule has 0 aliphatic heterocycles. The molecule has 1 aliphatic rings. The molecule has 1 heterocycles. The largest absolute Gasteiger partial charge is 0.414 e. The molecule has 25 heavy (non-hydrogen) atoms. The Morgan fingerprint density at radius 1 is 1.32 bits per heavy atom. The van der Waals surface area contributed by atoms with Crippen LogP contribution in [0.3, 0.4) is 0 Å².